The second-order valence-electron chi connectivity index (χ2n) is 5.53. The van der Waals surface area contributed by atoms with E-state index in [1.807, 2.05) is 17.5 Å². The first-order chi connectivity index (χ1) is 12.3. The van der Waals surface area contributed by atoms with Gasteiger partial charge in [0.15, 0.2) is 0 Å². The lowest BCUT2D eigenvalue weighted by Gasteiger charge is -2.23. The van der Waals surface area contributed by atoms with E-state index in [1.54, 1.807) is 19.2 Å². The summed E-state index contributed by atoms with van der Waals surface area (Å²) in [6.45, 7) is -0.741. The van der Waals surface area contributed by atoms with Crippen molar-refractivity contribution in [1.82, 2.24) is 4.98 Å². The van der Waals surface area contributed by atoms with Crippen molar-refractivity contribution in [1.29, 1.82) is 0 Å². The fraction of sp³-hybridized carbons (Fsp3) is 0.375. The Morgan fingerprint density at radius 1 is 1.19 bits per heavy atom. The first-order valence-corrected chi connectivity index (χ1v) is 8.91. The molecule has 0 aliphatic heterocycles. The van der Waals surface area contributed by atoms with Crippen LogP contribution in [0.25, 0.3) is 11.3 Å². The molecule has 4 atom stereocenters. The third-order valence-electron chi connectivity index (χ3n) is 3.58. The van der Waals surface area contributed by atoms with Crippen LogP contribution in [0.15, 0.2) is 34.7 Å². The molecule has 1 aromatic carbocycles. The summed E-state index contributed by atoms with van der Waals surface area (Å²) in [5, 5.41) is 55.6. The van der Waals surface area contributed by atoms with E-state index in [1.165, 1.54) is 16.3 Å². The average molecular weight is 402 g/mol. The van der Waals surface area contributed by atoms with Gasteiger partial charge < -0.3 is 25.5 Å². The molecule has 26 heavy (non-hydrogen) atoms. The number of aliphatic hydroxyl groups is 5. The minimum Gasteiger partial charge on any atom is -0.394 e. The van der Waals surface area contributed by atoms with E-state index in [0.717, 1.165) is 17.5 Å². The number of halogens is 1. The average Bonchev–Trinajstić information content (AvgIpc) is 3.14. The van der Waals surface area contributed by atoms with E-state index in [2.05, 4.69) is 10.1 Å². The molecule has 0 radical (unpaired) electrons. The number of hydrogen-bond donors (Lipinski definition) is 5. The molecular formula is C16H20ClN3O5S. The Morgan fingerprint density at radius 2 is 1.85 bits per heavy atom. The lowest BCUT2D eigenvalue weighted by Crippen LogP contribution is -2.46. The van der Waals surface area contributed by atoms with Crippen LogP contribution in [0.2, 0.25) is 5.02 Å². The molecule has 10 heteroatoms. The molecule has 2 rings (SSSR count). The fourth-order valence-corrected chi connectivity index (χ4v) is 2.89. The molecule has 0 fully saturated rings. The molecule has 8 nitrogen and oxygen atoms in total. The standard InChI is InChI=1S/C16H20ClN3O5S/c1-20(18-6-12(22)14(24)15(25)13(23)7-21)16-19-11(8-26-16)9-2-4-10(17)5-3-9/h2-6,8,12-15,21-25H,7H2,1H3/b18-6-/t12-,13+,14+,15+/m0/s1. The number of hydrazone groups is 1. The summed E-state index contributed by atoms with van der Waals surface area (Å²) in [7, 11) is 1.61. The van der Waals surface area contributed by atoms with Gasteiger partial charge in [0.05, 0.1) is 18.5 Å². The van der Waals surface area contributed by atoms with Crippen molar-refractivity contribution in [2.24, 2.45) is 5.10 Å². The number of nitrogens with zero attached hydrogens (tertiary/aromatic N) is 3. The van der Waals surface area contributed by atoms with Gasteiger partial charge in [0.2, 0.25) is 5.13 Å². The molecule has 1 heterocycles. The first kappa shape index (κ1) is 20.7. The minimum atomic E-state index is -1.71. The van der Waals surface area contributed by atoms with Crippen LogP contribution in [0.3, 0.4) is 0 Å². The number of aromatic nitrogens is 1. The van der Waals surface area contributed by atoms with E-state index >= 15 is 0 Å². The molecule has 0 bridgehead atoms. The monoisotopic (exact) mass is 401 g/mol. The maximum Gasteiger partial charge on any atom is 0.206 e. The summed E-state index contributed by atoms with van der Waals surface area (Å²) in [6.07, 6.45) is -5.49. The normalized spacial score (nSPS) is 16.4. The molecule has 0 spiro atoms. The van der Waals surface area contributed by atoms with Crippen LogP contribution in [-0.4, -0.2) is 74.8 Å². The fourth-order valence-electron chi connectivity index (χ4n) is 2.01. The van der Waals surface area contributed by atoms with E-state index in [-0.39, 0.29) is 0 Å². The smallest absolute Gasteiger partial charge is 0.206 e. The highest BCUT2D eigenvalue weighted by Gasteiger charge is 2.29. The van der Waals surface area contributed by atoms with Crippen molar-refractivity contribution in [3.05, 3.63) is 34.7 Å². The third-order valence-corrected chi connectivity index (χ3v) is 4.74. The second kappa shape index (κ2) is 9.38. The van der Waals surface area contributed by atoms with Crippen LogP contribution in [0.1, 0.15) is 0 Å². The summed E-state index contributed by atoms with van der Waals surface area (Å²) in [5.74, 6) is 0. The Labute approximate surface area is 159 Å². The van der Waals surface area contributed by atoms with Crippen molar-refractivity contribution < 1.29 is 25.5 Å². The highest BCUT2D eigenvalue weighted by Crippen LogP contribution is 2.27. The SMILES string of the molecule is CN(/N=C\[C@H](O)[C@@H](O)[C@H](O)[C@H](O)CO)c1nc(-c2ccc(Cl)cc2)cs1. The van der Waals surface area contributed by atoms with Gasteiger partial charge in [-0.3, -0.25) is 0 Å². The predicted octanol–water partition coefficient (Wildman–Crippen LogP) is 0.321. The highest BCUT2D eigenvalue weighted by molar-refractivity contribution is 7.14. The van der Waals surface area contributed by atoms with E-state index in [4.69, 9.17) is 16.7 Å². The summed E-state index contributed by atoms with van der Waals surface area (Å²) in [6, 6.07) is 7.22. The zero-order valence-electron chi connectivity index (χ0n) is 13.8. The van der Waals surface area contributed by atoms with Gasteiger partial charge in [-0.1, -0.05) is 23.7 Å². The molecule has 0 amide bonds. The van der Waals surface area contributed by atoms with Crippen molar-refractivity contribution in [2.75, 3.05) is 18.7 Å². The quantitative estimate of drug-likeness (QED) is 0.318. The molecule has 0 unspecified atom stereocenters. The number of rotatable bonds is 8. The molecule has 0 saturated carbocycles. The predicted molar refractivity (Wildman–Crippen MR) is 101 cm³/mol. The Morgan fingerprint density at radius 3 is 2.46 bits per heavy atom. The van der Waals surface area contributed by atoms with Crippen molar-refractivity contribution in [3.8, 4) is 11.3 Å². The molecular weight excluding hydrogens is 382 g/mol. The van der Waals surface area contributed by atoms with Crippen LogP contribution in [-0.2, 0) is 0 Å². The summed E-state index contributed by atoms with van der Waals surface area (Å²) in [5.41, 5.74) is 1.64. The zero-order valence-corrected chi connectivity index (χ0v) is 15.4. The van der Waals surface area contributed by atoms with E-state index in [0.29, 0.717) is 10.2 Å². The van der Waals surface area contributed by atoms with Gasteiger partial charge in [-0.15, -0.1) is 11.3 Å². The zero-order chi connectivity index (χ0) is 19.3. The lowest BCUT2D eigenvalue weighted by atomic mass is 10.0. The Balaban J connectivity index is 2.02. The van der Waals surface area contributed by atoms with Crippen LogP contribution in [0.4, 0.5) is 5.13 Å². The number of aliphatic hydroxyl groups excluding tert-OH is 5. The van der Waals surface area contributed by atoms with Gasteiger partial charge in [0, 0.05) is 23.0 Å². The van der Waals surface area contributed by atoms with Crippen LogP contribution >= 0.6 is 22.9 Å². The second-order valence-corrected chi connectivity index (χ2v) is 6.81. The maximum atomic E-state index is 9.83. The Bertz CT molecular complexity index is 727. The number of hydrogen-bond acceptors (Lipinski definition) is 9. The van der Waals surface area contributed by atoms with Gasteiger partial charge in [-0.05, 0) is 12.1 Å². The molecule has 0 aliphatic rings. The maximum absolute atomic E-state index is 9.83. The topological polar surface area (TPSA) is 130 Å². The van der Waals surface area contributed by atoms with Gasteiger partial charge >= 0.3 is 0 Å². The molecule has 0 saturated heterocycles. The molecule has 0 aliphatic carbocycles. The summed E-state index contributed by atoms with van der Waals surface area (Å²) in [4.78, 5) is 4.43. The summed E-state index contributed by atoms with van der Waals surface area (Å²) >= 11 is 7.20. The van der Waals surface area contributed by atoms with Gasteiger partial charge in [-0.25, -0.2) is 9.99 Å². The number of benzene rings is 1. The van der Waals surface area contributed by atoms with E-state index in [9.17, 15) is 20.4 Å². The van der Waals surface area contributed by atoms with Gasteiger partial charge in [0.1, 0.15) is 24.4 Å². The molecule has 142 valence electrons. The Hall–Kier alpha value is -1.59. The molecule has 2 aromatic rings. The van der Waals surface area contributed by atoms with Crippen molar-refractivity contribution in [3.63, 3.8) is 0 Å². The van der Waals surface area contributed by atoms with Gasteiger partial charge in [0.25, 0.3) is 0 Å². The largest absolute Gasteiger partial charge is 0.394 e. The van der Waals surface area contributed by atoms with E-state index < -0.39 is 31.0 Å². The van der Waals surface area contributed by atoms with Gasteiger partial charge in [-0.2, -0.15) is 5.10 Å². The lowest BCUT2D eigenvalue weighted by molar-refractivity contribution is -0.0999. The van der Waals surface area contributed by atoms with Crippen molar-refractivity contribution in [2.45, 2.75) is 24.4 Å². The molecule has 1 aromatic heterocycles. The first-order valence-electron chi connectivity index (χ1n) is 7.66. The molecule has 5 N–H and O–H groups in total. The van der Waals surface area contributed by atoms with Crippen LogP contribution in [0.5, 0.6) is 0 Å². The number of thiazole rings is 1. The minimum absolute atomic E-state index is 0.545. The Kier molecular flexibility index (Phi) is 7.47. The van der Waals surface area contributed by atoms with Crippen molar-refractivity contribution >= 4 is 34.3 Å². The number of anilines is 1. The highest BCUT2D eigenvalue weighted by atomic mass is 35.5. The van der Waals surface area contributed by atoms with Crippen LogP contribution < -0.4 is 5.01 Å². The van der Waals surface area contributed by atoms with Crippen LogP contribution in [0, 0.1) is 0 Å². The third kappa shape index (κ3) is 5.21. The summed E-state index contributed by atoms with van der Waals surface area (Å²) < 4.78 is 0.